The number of aryl methyl sites for hydroxylation is 2. The fourth-order valence-electron chi connectivity index (χ4n) is 4.24. The summed E-state index contributed by atoms with van der Waals surface area (Å²) in [5.41, 5.74) is 3.78. The number of ketones is 1. The Bertz CT molecular complexity index is 554. The maximum atomic E-state index is 12.5. The molecule has 2 heterocycles. The molecule has 2 fully saturated rings. The summed E-state index contributed by atoms with van der Waals surface area (Å²) in [4.78, 5) is 17.5. The van der Waals surface area contributed by atoms with E-state index in [-0.39, 0.29) is 0 Å². The van der Waals surface area contributed by atoms with E-state index in [1.54, 1.807) is 0 Å². The number of piperazine rings is 1. The highest BCUT2D eigenvalue weighted by molar-refractivity contribution is 5.97. The van der Waals surface area contributed by atoms with Crippen molar-refractivity contribution >= 4 is 5.78 Å². The Kier molecular flexibility index (Phi) is 3.56. The zero-order valence-electron chi connectivity index (χ0n) is 12.7. The number of rotatable bonds is 3. The van der Waals surface area contributed by atoms with Gasteiger partial charge in [-0.15, -0.1) is 0 Å². The third-order valence-electron chi connectivity index (χ3n) is 5.46. The molecule has 1 aromatic rings. The summed E-state index contributed by atoms with van der Waals surface area (Å²) in [5, 5.41) is 0. The summed E-state index contributed by atoms with van der Waals surface area (Å²) < 4.78 is 0. The van der Waals surface area contributed by atoms with Gasteiger partial charge in [0.25, 0.3) is 0 Å². The van der Waals surface area contributed by atoms with E-state index < -0.39 is 0 Å². The molecule has 1 atom stereocenters. The van der Waals surface area contributed by atoms with Gasteiger partial charge in [0, 0.05) is 31.2 Å². The van der Waals surface area contributed by atoms with Crippen molar-refractivity contribution in [1.82, 2.24) is 9.80 Å². The first-order valence-corrected chi connectivity index (χ1v) is 8.41. The Balaban J connectivity index is 1.41. The quantitative estimate of drug-likeness (QED) is 0.795. The van der Waals surface area contributed by atoms with Crippen molar-refractivity contribution in [2.75, 3.05) is 32.7 Å². The number of benzene rings is 1. The Hall–Kier alpha value is -1.19. The lowest BCUT2D eigenvalue weighted by Crippen LogP contribution is -2.51. The highest BCUT2D eigenvalue weighted by Gasteiger charge is 2.31. The van der Waals surface area contributed by atoms with Gasteiger partial charge in [-0.1, -0.05) is 12.1 Å². The molecule has 0 N–H and O–H groups in total. The van der Waals surface area contributed by atoms with Gasteiger partial charge in [0.15, 0.2) is 5.78 Å². The Morgan fingerprint density at radius 3 is 2.95 bits per heavy atom. The van der Waals surface area contributed by atoms with Crippen LogP contribution in [0.25, 0.3) is 0 Å². The molecule has 0 amide bonds. The molecule has 112 valence electrons. The SMILES string of the molecule is O=C(CN1CCN2CCCC2C1)c1ccc2c(c1)CCC2. The number of carbonyl (C=O) groups is 1. The predicted molar refractivity (Wildman–Crippen MR) is 83.8 cm³/mol. The lowest BCUT2D eigenvalue weighted by atomic mass is 10.0. The van der Waals surface area contributed by atoms with Gasteiger partial charge in [-0.2, -0.15) is 0 Å². The summed E-state index contributed by atoms with van der Waals surface area (Å²) in [6.45, 7) is 5.13. The molecule has 3 nitrogen and oxygen atoms in total. The average molecular weight is 284 g/mol. The Labute approximate surface area is 126 Å². The average Bonchev–Trinajstić information content (AvgIpc) is 3.14. The van der Waals surface area contributed by atoms with Crippen molar-refractivity contribution in [3.8, 4) is 0 Å². The van der Waals surface area contributed by atoms with Crippen molar-refractivity contribution in [3.63, 3.8) is 0 Å². The second kappa shape index (κ2) is 5.54. The minimum Gasteiger partial charge on any atom is -0.298 e. The molecule has 4 rings (SSSR count). The zero-order chi connectivity index (χ0) is 14.2. The van der Waals surface area contributed by atoms with Crippen LogP contribution in [0.3, 0.4) is 0 Å². The highest BCUT2D eigenvalue weighted by atomic mass is 16.1. The minimum absolute atomic E-state index is 0.302. The standard InChI is InChI=1S/C18H24N2O/c21-18(16-7-6-14-3-1-4-15(14)11-16)13-19-9-10-20-8-2-5-17(20)12-19/h6-7,11,17H,1-5,8-10,12-13H2. The predicted octanol–water partition coefficient (Wildman–Crippen LogP) is 2.14. The molecule has 0 saturated carbocycles. The summed E-state index contributed by atoms with van der Waals surface area (Å²) >= 11 is 0. The molecule has 0 bridgehead atoms. The summed E-state index contributed by atoms with van der Waals surface area (Å²) in [6, 6.07) is 7.06. The summed E-state index contributed by atoms with van der Waals surface area (Å²) in [7, 11) is 0. The third-order valence-corrected chi connectivity index (χ3v) is 5.46. The molecule has 1 aliphatic carbocycles. The van der Waals surface area contributed by atoms with Gasteiger partial charge in [-0.3, -0.25) is 14.6 Å². The summed E-state index contributed by atoms with van der Waals surface area (Å²) in [6.07, 6.45) is 6.22. The second-order valence-corrected chi connectivity index (χ2v) is 6.83. The number of carbonyl (C=O) groups excluding carboxylic acids is 1. The largest absolute Gasteiger partial charge is 0.298 e. The maximum absolute atomic E-state index is 12.5. The number of Topliss-reactive ketones (excluding diaryl/α,β-unsaturated/α-hetero) is 1. The normalized spacial score (nSPS) is 25.8. The monoisotopic (exact) mass is 284 g/mol. The minimum atomic E-state index is 0.302. The van der Waals surface area contributed by atoms with Crippen molar-refractivity contribution < 1.29 is 4.79 Å². The maximum Gasteiger partial charge on any atom is 0.176 e. The van der Waals surface area contributed by atoms with E-state index in [9.17, 15) is 4.79 Å². The van der Waals surface area contributed by atoms with Crippen LogP contribution in [0.15, 0.2) is 18.2 Å². The van der Waals surface area contributed by atoms with Crippen LogP contribution in [0.2, 0.25) is 0 Å². The summed E-state index contributed by atoms with van der Waals surface area (Å²) in [5.74, 6) is 0.302. The van der Waals surface area contributed by atoms with Gasteiger partial charge >= 0.3 is 0 Å². The van der Waals surface area contributed by atoms with Crippen molar-refractivity contribution in [1.29, 1.82) is 0 Å². The first-order chi connectivity index (χ1) is 10.3. The molecule has 1 unspecified atom stereocenters. The zero-order valence-corrected chi connectivity index (χ0v) is 12.7. The fraction of sp³-hybridized carbons (Fsp3) is 0.611. The molecule has 3 aliphatic rings. The van der Waals surface area contributed by atoms with Crippen LogP contribution in [0.1, 0.15) is 40.7 Å². The van der Waals surface area contributed by atoms with E-state index in [0.29, 0.717) is 18.4 Å². The van der Waals surface area contributed by atoms with E-state index in [4.69, 9.17) is 0 Å². The van der Waals surface area contributed by atoms with Crippen LogP contribution < -0.4 is 0 Å². The molecule has 2 aliphatic heterocycles. The first-order valence-electron chi connectivity index (χ1n) is 8.41. The molecule has 2 saturated heterocycles. The molecule has 21 heavy (non-hydrogen) atoms. The second-order valence-electron chi connectivity index (χ2n) is 6.83. The van der Waals surface area contributed by atoms with Gasteiger partial charge in [-0.25, -0.2) is 0 Å². The Morgan fingerprint density at radius 1 is 1.10 bits per heavy atom. The van der Waals surface area contributed by atoms with Gasteiger partial charge in [0.1, 0.15) is 0 Å². The number of nitrogens with zero attached hydrogens (tertiary/aromatic N) is 2. The van der Waals surface area contributed by atoms with Gasteiger partial charge < -0.3 is 0 Å². The van der Waals surface area contributed by atoms with Crippen LogP contribution in [0, 0.1) is 0 Å². The van der Waals surface area contributed by atoms with E-state index >= 15 is 0 Å². The lowest BCUT2D eigenvalue weighted by molar-refractivity contribution is 0.0784. The topological polar surface area (TPSA) is 23.6 Å². The van der Waals surface area contributed by atoms with Crippen LogP contribution in [0.5, 0.6) is 0 Å². The van der Waals surface area contributed by atoms with Gasteiger partial charge in [-0.05, 0) is 55.8 Å². The van der Waals surface area contributed by atoms with Crippen LogP contribution in [-0.2, 0) is 12.8 Å². The molecule has 0 aromatic heterocycles. The smallest absolute Gasteiger partial charge is 0.176 e. The molecular formula is C18H24N2O. The number of fused-ring (bicyclic) bond motifs is 2. The Morgan fingerprint density at radius 2 is 2.00 bits per heavy atom. The van der Waals surface area contributed by atoms with Crippen LogP contribution in [-0.4, -0.2) is 54.3 Å². The van der Waals surface area contributed by atoms with Crippen LogP contribution >= 0.6 is 0 Å². The third kappa shape index (κ3) is 2.65. The van der Waals surface area contributed by atoms with E-state index in [0.717, 1.165) is 31.6 Å². The molecule has 3 heteroatoms. The van der Waals surface area contributed by atoms with Crippen molar-refractivity contribution in [2.45, 2.75) is 38.1 Å². The molecule has 0 radical (unpaired) electrons. The lowest BCUT2D eigenvalue weighted by Gasteiger charge is -2.37. The van der Waals surface area contributed by atoms with Gasteiger partial charge in [0.2, 0.25) is 0 Å². The van der Waals surface area contributed by atoms with Crippen molar-refractivity contribution in [2.24, 2.45) is 0 Å². The first kappa shape index (κ1) is 13.5. The van der Waals surface area contributed by atoms with E-state index in [1.807, 2.05) is 6.07 Å². The van der Waals surface area contributed by atoms with Gasteiger partial charge in [0.05, 0.1) is 6.54 Å². The van der Waals surface area contributed by atoms with Crippen LogP contribution in [0.4, 0.5) is 0 Å². The molecule has 1 aromatic carbocycles. The molecular weight excluding hydrogens is 260 g/mol. The number of hydrogen-bond donors (Lipinski definition) is 0. The number of hydrogen-bond acceptors (Lipinski definition) is 3. The highest BCUT2D eigenvalue weighted by Crippen LogP contribution is 2.24. The molecule has 0 spiro atoms. The fourth-order valence-corrected chi connectivity index (χ4v) is 4.24. The van der Waals surface area contributed by atoms with E-state index in [1.165, 1.54) is 43.4 Å². The van der Waals surface area contributed by atoms with Crippen molar-refractivity contribution in [3.05, 3.63) is 34.9 Å². The van der Waals surface area contributed by atoms with E-state index in [2.05, 4.69) is 21.9 Å².